The van der Waals surface area contributed by atoms with Gasteiger partial charge in [0, 0.05) is 16.7 Å². The summed E-state index contributed by atoms with van der Waals surface area (Å²) in [7, 11) is 0. The first-order valence-electron chi connectivity index (χ1n) is 8.23. The van der Waals surface area contributed by atoms with Gasteiger partial charge in [-0.15, -0.1) is 13.2 Å². The minimum absolute atomic E-state index is 0.111. The van der Waals surface area contributed by atoms with Crippen molar-refractivity contribution >= 4 is 11.6 Å². The summed E-state index contributed by atoms with van der Waals surface area (Å²) in [5, 5.41) is -0.448. The Hall–Kier alpha value is -3.01. The monoisotopic (exact) mass is 468 g/mol. The van der Waals surface area contributed by atoms with E-state index in [1.165, 1.54) is 0 Å². The topological polar surface area (TPSA) is 18.5 Å². The molecular formula is C20H9ClF8O2. The summed E-state index contributed by atoms with van der Waals surface area (Å²) in [6.45, 7) is 0. The Balaban J connectivity index is 1.84. The maximum atomic E-state index is 14.4. The second-order valence-corrected chi connectivity index (χ2v) is 6.51. The second kappa shape index (κ2) is 8.26. The molecule has 3 rings (SSSR count). The molecule has 0 aliphatic heterocycles. The van der Waals surface area contributed by atoms with E-state index in [0.717, 1.165) is 36.4 Å². The normalized spacial score (nSPS) is 12.0. The highest BCUT2D eigenvalue weighted by molar-refractivity contribution is 6.30. The van der Waals surface area contributed by atoms with Gasteiger partial charge in [-0.3, -0.25) is 0 Å². The number of alkyl halides is 5. The van der Waals surface area contributed by atoms with Crippen LogP contribution in [0.15, 0.2) is 54.6 Å². The number of ether oxygens (including phenoxy) is 2. The average Bonchev–Trinajstić information content (AvgIpc) is 2.60. The highest BCUT2D eigenvalue weighted by Gasteiger charge is 2.41. The van der Waals surface area contributed by atoms with Gasteiger partial charge in [0.05, 0.1) is 0 Å². The van der Waals surface area contributed by atoms with Crippen molar-refractivity contribution in [2.24, 2.45) is 0 Å². The highest BCUT2D eigenvalue weighted by Crippen LogP contribution is 2.37. The summed E-state index contributed by atoms with van der Waals surface area (Å²) in [4.78, 5) is 0. The van der Waals surface area contributed by atoms with E-state index in [2.05, 4.69) is 9.47 Å². The van der Waals surface area contributed by atoms with Crippen LogP contribution < -0.4 is 9.47 Å². The van der Waals surface area contributed by atoms with Crippen LogP contribution in [0.3, 0.4) is 0 Å². The van der Waals surface area contributed by atoms with Gasteiger partial charge in [0.15, 0.2) is 0 Å². The van der Waals surface area contributed by atoms with Crippen molar-refractivity contribution in [3.63, 3.8) is 0 Å². The molecule has 3 aromatic rings. The molecular weight excluding hydrogens is 460 g/mol. The molecule has 0 aliphatic carbocycles. The minimum Gasteiger partial charge on any atom is -0.429 e. The van der Waals surface area contributed by atoms with Crippen LogP contribution in [0.4, 0.5) is 35.1 Å². The van der Waals surface area contributed by atoms with Crippen molar-refractivity contribution in [3.05, 3.63) is 82.6 Å². The first-order chi connectivity index (χ1) is 14.4. The predicted molar refractivity (Wildman–Crippen MR) is 94.4 cm³/mol. The second-order valence-electron chi connectivity index (χ2n) is 6.08. The van der Waals surface area contributed by atoms with E-state index >= 15 is 0 Å². The maximum Gasteiger partial charge on any atom is 0.573 e. The van der Waals surface area contributed by atoms with E-state index < -0.39 is 52.0 Å². The number of benzene rings is 3. The Morgan fingerprint density at radius 3 is 1.71 bits per heavy atom. The molecule has 0 heterocycles. The molecule has 31 heavy (non-hydrogen) atoms. The molecule has 0 aliphatic rings. The largest absolute Gasteiger partial charge is 0.573 e. The molecule has 0 saturated carbocycles. The van der Waals surface area contributed by atoms with Crippen LogP contribution >= 0.6 is 11.6 Å². The van der Waals surface area contributed by atoms with Crippen LogP contribution in [-0.2, 0) is 6.11 Å². The quantitative estimate of drug-likeness (QED) is 0.362. The lowest BCUT2D eigenvalue weighted by Crippen LogP contribution is -2.25. The summed E-state index contributed by atoms with van der Waals surface area (Å²) >= 11 is 5.39. The standard InChI is InChI=1S/C20H9ClF8O2/c21-11-7-16(23)18(17(24)8-11)19(25,26)30-13-5-6-14(15(22)9-13)10-1-3-12(4-2-10)31-20(27,28)29/h1-9H. The lowest BCUT2D eigenvalue weighted by molar-refractivity contribution is -0.274. The van der Waals surface area contributed by atoms with E-state index in [9.17, 15) is 35.1 Å². The number of hydrogen-bond donors (Lipinski definition) is 0. The average molecular weight is 469 g/mol. The fraction of sp³-hybridized carbons (Fsp3) is 0.100. The van der Waals surface area contributed by atoms with Crippen LogP contribution in [0.2, 0.25) is 5.02 Å². The summed E-state index contributed by atoms with van der Waals surface area (Å²) in [6.07, 6.45) is -9.40. The first kappa shape index (κ1) is 22.7. The zero-order chi connectivity index (χ0) is 23.0. The first-order valence-corrected chi connectivity index (χ1v) is 8.61. The van der Waals surface area contributed by atoms with Gasteiger partial charge >= 0.3 is 12.5 Å². The molecule has 0 amide bonds. The molecule has 3 aromatic carbocycles. The number of hydrogen-bond acceptors (Lipinski definition) is 2. The fourth-order valence-corrected chi connectivity index (χ4v) is 2.84. The number of rotatable bonds is 5. The van der Waals surface area contributed by atoms with Crippen molar-refractivity contribution in [2.75, 3.05) is 0 Å². The van der Waals surface area contributed by atoms with E-state index in [4.69, 9.17) is 11.6 Å². The Morgan fingerprint density at radius 1 is 0.645 bits per heavy atom. The Morgan fingerprint density at radius 2 is 1.19 bits per heavy atom. The molecule has 0 bridgehead atoms. The molecule has 0 radical (unpaired) electrons. The molecule has 0 aromatic heterocycles. The smallest absolute Gasteiger partial charge is 0.429 e. The third-order valence-electron chi connectivity index (χ3n) is 3.88. The van der Waals surface area contributed by atoms with Gasteiger partial charge < -0.3 is 9.47 Å². The fourth-order valence-electron chi connectivity index (χ4n) is 2.65. The Bertz CT molecular complexity index is 1070. The van der Waals surface area contributed by atoms with Crippen LogP contribution in [0.5, 0.6) is 11.5 Å². The third kappa shape index (κ3) is 5.38. The van der Waals surface area contributed by atoms with Crippen molar-refractivity contribution in [2.45, 2.75) is 12.5 Å². The molecule has 0 saturated heterocycles. The van der Waals surface area contributed by atoms with Gasteiger partial charge in [0.2, 0.25) is 0 Å². The van der Waals surface area contributed by atoms with Gasteiger partial charge in [-0.05, 0) is 42.0 Å². The minimum atomic E-state index is -4.90. The van der Waals surface area contributed by atoms with Gasteiger partial charge in [-0.25, -0.2) is 13.2 Å². The van der Waals surface area contributed by atoms with Crippen molar-refractivity contribution in [1.82, 2.24) is 0 Å². The van der Waals surface area contributed by atoms with E-state index in [-0.39, 0.29) is 11.1 Å². The van der Waals surface area contributed by atoms with Crippen LogP contribution in [-0.4, -0.2) is 6.36 Å². The van der Waals surface area contributed by atoms with Crippen molar-refractivity contribution in [3.8, 4) is 22.6 Å². The molecule has 0 spiro atoms. The molecule has 164 valence electrons. The van der Waals surface area contributed by atoms with Crippen LogP contribution in [0.1, 0.15) is 5.56 Å². The van der Waals surface area contributed by atoms with Crippen LogP contribution in [0, 0.1) is 17.5 Å². The van der Waals surface area contributed by atoms with Crippen molar-refractivity contribution < 1.29 is 44.6 Å². The summed E-state index contributed by atoms with van der Waals surface area (Å²) in [5.41, 5.74) is -1.75. The molecule has 2 nitrogen and oxygen atoms in total. The Kier molecular flexibility index (Phi) is 6.04. The highest BCUT2D eigenvalue weighted by atomic mass is 35.5. The van der Waals surface area contributed by atoms with E-state index in [1.54, 1.807) is 0 Å². The summed E-state index contributed by atoms with van der Waals surface area (Å²) in [5.74, 6) is -5.68. The Labute approximate surface area is 174 Å². The maximum absolute atomic E-state index is 14.4. The lowest BCUT2D eigenvalue weighted by atomic mass is 10.0. The van der Waals surface area contributed by atoms with Gasteiger partial charge in [-0.1, -0.05) is 23.7 Å². The SMILES string of the molecule is Fc1cc(OC(F)(F)c2c(F)cc(Cl)cc2F)ccc1-c1ccc(OC(F)(F)F)cc1. The molecule has 11 heteroatoms. The lowest BCUT2D eigenvalue weighted by Gasteiger charge is -2.20. The van der Waals surface area contributed by atoms with Gasteiger partial charge in [0.25, 0.3) is 0 Å². The number of halogens is 9. The van der Waals surface area contributed by atoms with E-state index in [0.29, 0.717) is 18.2 Å². The van der Waals surface area contributed by atoms with Crippen molar-refractivity contribution in [1.29, 1.82) is 0 Å². The van der Waals surface area contributed by atoms with Gasteiger partial charge in [0.1, 0.15) is 34.5 Å². The summed E-state index contributed by atoms with van der Waals surface area (Å²) < 4.78 is 115. The third-order valence-corrected chi connectivity index (χ3v) is 4.10. The molecule has 0 atom stereocenters. The molecule has 0 fully saturated rings. The van der Waals surface area contributed by atoms with Crippen LogP contribution in [0.25, 0.3) is 11.1 Å². The molecule has 0 unspecified atom stereocenters. The van der Waals surface area contributed by atoms with Gasteiger partial charge in [-0.2, -0.15) is 8.78 Å². The van der Waals surface area contributed by atoms with E-state index in [1.807, 2.05) is 0 Å². The molecule has 0 N–H and O–H groups in total. The summed E-state index contributed by atoms with van der Waals surface area (Å²) in [6, 6.07) is 7.49. The predicted octanol–water partition coefficient (Wildman–Crippen LogP) is 7.45. The zero-order valence-corrected chi connectivity index (χ0v) is 15.7. The zero-order valence-electron chi connectivity index (χ0n) is 14.9.